The molecule has 134 valence electrons. The van der Waals surface area contributed by atoms with Gasteiger partial charge in [0, 0.05) is 0 Å². The molecule has 1 saturated carbocycles. The third kappa shape index (κ3) is 7.36. The molecule has 4 nitrogen and oxygen atoms in total. The summed E-state index contributed by atoms with van der Waals surface area (Å²) in [7, 11) is 0. The fraction of sp³-hybridized carbons (Fsp3) is 0.895. The van der Waals surface area contributed by atoms with Crippen molar-refractivity contribution in [1.29, 1.82) is 0 Å². The molecule has 0 bridgehead atoms. The molecule has 0 amide bonds. The van der Waals surface area contributed by atoms with E-state index >= 15 is 0 Å². The van der Waals surface area contributed by atoms with E-state index in [-0.39, 0.29) is 0 Å². The first-order valence-corrected chi connectivity index (χ1v) is 9.45. The van der Waals surface area contributed by atoms with Gasteiger partial charge in [-0.3, -0.25) is 9.59 Å². The molecule has 23 heavy (non-hydrogen) atoms. The van der Waals surface area contributed by atoms with Gasteiger partial charge in [-0.25, -0.2) is 0 Å². The largest absolute Gasteiger partial charge is 0.465 e. The third-order valence-corrected chi connectivity index (χ3v) is 4.94. The summed E-state index contributed by atoms with van der Waals surface area (Å²) in [6, 6.07) is 0. The lowest BCUT2D eigenvalue weighted by atomic mass is 9.77. The van der Waals surface area contributed by atoms with Crippen LogP contribution in [-0.2, 0) is 19.1 Å². The maximum atomic E-state index is 12.0. The summed E-state index contributed by atoms with van der Waals surface area (Å²) in [4.78, 5) is 24.0. The highest BCUT2D eigenvalue weighted by atomic mass is 16.6. The summed E-state index contributed by atoms with van der Waals surface area (Å²) < 4.78 is 10.1. The second-order valence-electron chi connectivity index (χ2n) is 6.66. The van der Waals surface area contributed by atoms with Crippen LogP contribution < -0.4 is 0 Å². The lowest BCUT2D eigenvalue weighted by Gasteiger charge is -2.29. The summed E-state index contributed by atoms with van der Waals surface area (Å²) in [5.74, 6) is -0.0748. The number of hydrogen-bond acceptors (Lipinski definition) is 4. The van der Waals surface area contributed by atoms with E-state index in [1.807, 2.05) is 0 Å². The molecule has 0 aromatic carbocycles. The van der Waals surface area contributed by atoms with Gasteiger partial charge in [-0.05, 0) is 38.5 Å². The predicted octanol–water partition coefficient (Wildman–Crippen LogP) is 4.51. The molecule has 4 heteroatoms. The molecule has 1 fully saturated rings. The van der Waals surface area contributed by atoms with Crippen LogP contribution in [0.1, 0.15) is 78.6 Å². The SMILES string of the molecule is CCCCC1CCC(CCC(C(=O)OCC)C(=O)OCC)CC1. The van der Waals surface area contributed by atoms with Crippen LogP contribution in [0.5, 0.6) is 0 Å². The summed E-state index contributed by atoms with van der Waals surface area (Å²) in [6.07, 6.45) is 10.5. The molecular formula is C19H34O4. The Morgan fingerprint density at radius 1 is 0.870 bits per heavy atom. The highest BCUT2D eigenvalue weighted by molar-refractivity contribution is 5.94. The Balaban J connectivity index is 2.40. The zero-order valence-electron chi connectivity index (χ0n) is 15.1. The first-order chi connectivity index (χ1) is 11.1. The predicted molar refractivity (Wildman–Crippen MR) is 91.0 cm³/mol. The smallest absolute Gasteiger partial charge is 0.320 e. The molecule has 0 aromatic rings. The molecule has 0 atom stereocenters. The van der Waals surface area contributed by atoms with Crippen molar-refractivity contribution in [2.24, 2.45) is 17.8 Å². The van der Waals surface area contributed by atoms with Gasteiger partial charge < -0.3 is 9.47 Å². The molecule has 1 aliphatic rings. The van der Waals surface area contributed by atoms with Gasteiger partial charge in [-0.1, -0.05) is 51.9 Å². The van der Waals surface area contributed by atoms with Crippen molar-refractivity contribution in [1.82, 2.24) is 0 Å². The van der Waals surface area contributed by atoms with Gasteiger partial charge in [0.1, 0.15) is 0 Å². The van der Waals surface area contributed by atoms with E-state index in [1.165, 1.54) is 44.9 Å². The van der Waals surface area contributed by atoms with Crippen LogP contribution in [0.3, 0.4) is 0 Å². The Labute approximate surface area is 141 Å². The maximum Gasteiger partial charge on any atom is 0.320 e. The second-order valence-corrected chi connectivity index (χ2v) is 6.66. The Morgan fingerprint density at radius 3 is 1.78 bits per heavy atom. The molecule has 0 spiro atoms. The molecular weight excluding hydrogens is 292 g/mol. The zero-order chi connectivity index (χ0) is 17.1. The van der Waals surface area contributed by atoms with Gasteiger partial charge in [-0.2, -0.15) is 0 Å². The number of unbranched alkanes of at least 4 members (excludes halogenated alkanes) is 1. The van der Waals surface area contributed by atoms with E-state index in [2.05, 4.69) is 6.92 Å². The first-order valence-electron chi connectivity index (χ1n) is 9.45. The van der Waals surface area contributed by atoms with E-state index in [1.54, 1.807) is 13.8 Å². The minimum atomic E-state index is -0.743. The molecule has 0 radical (unpaired) electrons. The van der Waals surface area contributed by atoms with Crippen LogP contribution in [0.2, 0.25) is 0 Å². The summed E-state index contributed by atoms with van der Waals surface area (Å²) in [5, 5.41) is 0. The molecule has 0 aliphatic heterocycles. The van der Waals surface area contributed by atoms with Crippen molar-refractivity contribution in [3.63, 3.8) is 0 Å². The molecule has 1 aliphatic carbocycles. The van der Waals surface area contributed by atoms with Crippen LogP contribution in [0.25, 0.3) is 0 Å². The Bertz CT molecular complexity index is 327. The second kappa shape index (κ2) is 11.5. The molecule has 0 saturated heterocycles. The van der Waals surface area contributed by atoms with E-state index < -0.39 is 17.9 Å². The Hall–Kier alpha value is -1.06. The molecule has 0 N–H and O–H groups in total. The van der Waals surface area contributed by atoms with Crippen molar-refractivity contribution < 1.29 is 19.1 Å². The summed E-state index contributed by atoms with van der Waals surface area (Å²) >= 11 is 0. The number of carbonyl (C=O) groups excluding carboxylic acids is 2. The summed E-state index contributed by atoms with van der Waals surface area (Å²) in [6.45, 7) is 6.38. The average molecular weight is 326 g/mol. The van der Waals surface area contributed by atoms with E-state index in [4.69, 9.17) is 9.47 Å². The zero-order valence-corrected chi connectivity index (χ0v) is 15.1. The van der Waals surface area contributed by atoms with Gasteiger partial charge in [0.05, 0.1) is 13.2 Å². The number of rotatable bonds is 10. The standard InChI is InChI=1S/C19H34O4/c1-4-7-8-15-9-11-16(12-10-15)13-14-17(18(20)22-5-2)19(21)23-6-3/h15-17H,4-14H2,1-3H3. The van der Waals surface area contributed by atoms with Crippen molar-refractivity contribution in [2.75, 3.05) is 13.2 Å². The van der Waals surface area contributed by atoms with Gasteiger partial charge in [0.2, 0.25) is 0 Å². The molecule has 0 aromatic heterocycles. The van der Waals surface area contributed by atoms with E-state index in [0.29, 0.717) is 25.6 Å². The molecule has 1 rings (SSSR count). The van der Waals surface area contributed by atoms with Crippen LogP contribution >= 0.6 is 0 Å². The summed E-state index contributed by atoms with van der Waals surface area (Å²) in [5.41, 5.74) is 0. The van der Waals surface area contributed by atoms with Crippen molar-refractivity contribution in [3.8, 4) is 0 Å². The highest BCUT2D eigenvalue weighted by Gasteiger charge is 2.31. The minimum absolute atomic E-state index is 0.303. The van der Waals surface area contributed by atoms with Crippen LogP contribution in [-0.4, -0.2) is 25.2 Å². The topological polar surface area (TPSA) is 52.6 Å². The molecule has 0 heterocycles. The fourth-order valence-corrected chi connectivity index (χ4v) is 3.52. The minimum Gasteiger partial charge on any atom is -0.465 e. The van der Waals surface area contributed by atoms with Crippen molar-refractivity contribution in [2.45, 2.75) is 78.6 Å². The Morgan fingerprint density at radius 2 is 1.35 bits per heavy atom. The number of carbonyl (C=O) groups is 2. The van der Waals surface area contributed by atoms with E-state index in [9.17, 15) is 9.59 Å². The van der Waals surface area contributed by atoms with Gasteiger partial charge in [-0.15, -0.1) is 0 Å². The number of esters is 2. The first kappa shape index (κ1) is 20.0. The van der Waals surface area contributed by atoms with Gasteiger partial charge in [0.15, 0.2) is 5.92 Å². The van der Waals surface area contributed by atoms with Crippen molar-refractivity contribution >= 4 is 11.9 Å². The highest BCUT2D eigenvalue weighted by Crippen LogP contribution is 2.35. The quantitative estimate of drug-likeness (QED) is 0.438. The average Bonchev–Trinajstić information content (AvgIpc) is 2.55. The maximum absolute atomic E-state index is 12.0. The van der Waals surface area contributed by atoms with E-state index in [0.717, 1.165) is 12.3 Å². The van der Waals surface area contributed by atoms with Crippen LogP contribution in [0, 0.1) is 17.8 Å². The van der Waals surface area contributed by atoms with Crippen molar-refractivity contribution in [3.05, 3.63) is 0 Å². The van der Waals surface area contributed by atoms with Gasteiger partial charge >= 0.3 is 11.9 Å². The number of ether oxygens (including phenoxy) is 2. The van der Waals surface area contributed by atoms with Crippen LogP contribution in [0.15, 0.2) is 0 Å². The molecule has 0 unspecified atom stereocenters. The fourth-order valence-electron chi connectivity index (χ4n) is 3.52. The van der Waals surface area contributed by atoms with Crippen LogP contribution in [0.4, 0.5) is 0 Å². The lowest BCUT2D eigenvalue weighted by Crippen LogP contribution is -2.29. The lowest BCUT2D eigenvalue weighted by molar-refractivity contribution is -0.162. The third-order valence-electron chi connectivity index (χ3n) is 4.94. The monoisotopic (exact) mass is 326 g/mol. The normalized spacial score (nSPS) is 21.2. The van der Waals surface area contributed by atoms with Gasteiger partial charge in [0.25, 0.3) is 0 Å². The number of hydrogen-bond donors (Lipinski definition) is 0. The Kier molecular flexibility index (Phi) is 9.97.